The quantitative estimate of drug-likeness (QED) is 0.522. The van der Waals surface area contributed by atoms with Crippen LogP contribution in [0.1, 0.15) is 46.0 Å². The number of carbonyl (C=O) groups excluding carboxylic acids is 1. The Balaban J connectivity index is 1.74. The monoisotopic (exact) mass is 420 g/mol. The van der Waals surface area contributed by atoms with Crippen molar-refractivity contribution in [3.05, 3.63) is 36.4 Å². The van der Waals surface area contributed by atoms with Crippen LogP contribution < -0.4 is 15.0 Å². The van der Waals surface area contributed by atoms with Gasteiger partial charge in [0.1, 0.15) is 11.6 Å². The molecule has 1 amide bonds. The van der Waals surface area contributed by atoms with E-state index in [1.807, 2.05) is 30.3 Å². The van der Waals surface area contributed by atoms with Crippen molar-refractivity contribution in [2.75, 3.05) is 30.4 Å². The molecular weight excluding hydrogens is 388 g/mol. The number of nitrogens with one attached hydrogen (secondary N) is 2. The highest BCUT2D eigenvalue weighted by Gasteiger charge is 2.23. The molecule has 1 aliphatic carbocycles. The van der Waals surface area contributed by atoms with E-state index in [0.717, 1.165) is 78.3 Å². The number of nitrogens with zero attached hydrogens (tertiary/aromatic N) is 2. The molecule has 31 heavy (non-hydrogen) atoms. The minimum Gasteiger partial charge on any atom is -0.496 e. The van der Waals surface area contributed by atoms with Gasteiger partial charge in [0, 0.05) is 19.0 Å². The van der Waals surface area contributed by atoms with E-state index < -0.39 is 0 Å². The topological polar surface area (TPSA) is 70.2 Å². The molecule has 0 unspecified atom stereocenters. The first-order valence-corrected chi connectivity index (χ1v) is 11.4. The first-order valence-electron chi connectivity index (χ1n) is 11.4. The summed E-state index contributed by atoms with van der Waals surface area (Å²) in [6, 6.07) is 11.9. The van der Waals surface area contributed by atoms with Gasteiger partial charge in [0.2, 0.25) is 5.91 Å². The van der Waals surface area contributed by atoms with Gasteiger partial charge in [0.05, 0.1) is 35.1 Å². The molecule has 1 saturated carbocycles. The van der Waals surface area contributed by atoms with E-state index in [1.165, 1.54) is 6.42 Å². The maximum Gasteiger partial charge on any atom is 0.227 e. The van der Waals surface area contributed by atoms with Gasteiger partial charge >= 0.3 is 0 Å². The first-order chi connectivity index (χ1) is 15.1. The van der Waals surface area contributed by atoms with Gasteiger partial charge in [-0.3, -0.25) is 4.79 Å². The molecule has 0 saturated heterocycles. The summed E-state index contributed by atoms with van der Waals surface area (Å²) in [5.74, 6) is 1.77. The number of anilines is 2. The van der Waals surface area contributed by atoms with Crippen molar-refractivity contribution in [1.29, 1.82) is 0 Å². The Morgan fingerprint density at radius 1 is 1.16 bits per heavy atom. The SMILES string of the molecule is CCN(CC)c1cc2[nH]c(-c3ccccc3OC)nc2cc1NC(=O)C1CCCCC1. The molecule has 6 nitrogen and oxygen atoms in total. The Morgan fingerprint density at radius 2 is 1.90 bits per heavy atom. The predicted octanol–water partition coefficient (Wildman–Crippen LogP) is 5.60. The molecule has 6 heteroatoms. The average molecular weight is 421 g/mol. The molecule has 2 N–H and O–H groups in total. The van der Waals surface area contributed by atoms with Gasteiger partial charge < -0.3 is 19.9 Å². The molecule has 164 valence electrons. The van der Waals surface area contributed by atoms with Crippen molar-refractivity contribution < 1.29 is 9.53 Å². The number of amides is 1. The molecule has 1 aliphatic rings. The van der Waals surface area contributed by atoms with E-state index in [0.29, 0.717) is 0 Å². The summed E-state index contributed by atoms with van der Waals surface area (Å²) in [6.45, 7) is 5.99. The maximum atomic E-state index is 13.0. The number of fused-ring (bicyclic) bond motifs is 1. The molecule has 1 fully saturated rings. The van der Waals surface area contributed by atoms with Crippen LogP contribution in [0.15, 0.2) is 36.4 Å². The van der Waals surface area contributed by atoms with Crippen LogP contribution >= 0.6 is 0 Å². The highest BCUT2D eigenvalue weighted by molar-refractivity contribution is 6.00. The van der Waals surface area contributed by atoms with Crippen LogP contribution in [0.2, 0.25) is 0 Å². The number of hydrogen-bond acceptors (Lipinski definition) is 4. The van der Waals surface area contributed by atoms with Crippen LogP contribution in [0.4, 0.5) is 11.4 Å². The standard InChI is InChI=1S/C25H32N4O2/c1-4-29(5-2)22-16-20-19(15-21(22)28-25(30)17-11-7-6-8-12-17)26-24(27-20)18-13-9-10-14-23(18)31-3/h9-10,13-17H,4-8,11-12H2,1-3H3,(H,26,27)(H,28,30). The zero-order valence-electron chi connectivity index (χ0n) is 18.7. The molecule has 2 aromatic carbocycles. The number of carbonyl (C=O) groups is 1. The van der Waals surface area contributed by atoms with Gasteiger partial charge in [-0.2, -0.15) is 0 Å². The highest BCUT2D eigenvalue weighted by Crippen LogP contribution is 2.35. The van der Waals surface area contributed by atoms with E-state index in [1.54, 1.807) is 7.11 Å². The Hall–Kier alpha value is -3.02. The normalized spacial score (nSPS) is 14.5. The van der Waals surface area contributed by atoms with Gasteiger partial charge in [0.15, 0.2) is 0 Å². The lowest BCUT2D eigenvalue weighted by Crippen LogP contribution is -2.27. The minimum absolute atomic E-state index is 0.109. The summed E-state index contributed by atoms with van der Waals surface area (Å²) in [5, 5.41) is 3.23. The van der Waals surface area contributed by atoms with E-state index in [4.69, 9.17) is 9.72 Å². The number of benzene rings is 2. The molecule has 0 aliphatic heterocycles. The summed E-state index contributed by atoms with van der Waals surface area (Å²) >= 11 is 0. The maximum absolute atomic E-state index is 13.0. The fourth-order valence-electron chi connectivity index (χ4n) is 4.54. The number of ether oxygens (including phenoxy) is 1. The lowest BCUT2D eigenvalue weighted by atomic mass is 9.88. The summed E-state index contributed by atoms with van der Waals surface area (Å²) in [6.07, 6.45) is 5.48. The Morgan fingerprint density at radius 3 is 2.61 bits per heavy atom. The third-order valence-electron chi connectivity index (χ3n) is 6.30. The van der Waals surface area contributed by atoms with Gasteiger partial charge in [-0.1, -0.05) is 31.4 Å². The Labute approximate surface area is 184 Å². The first kappa shape index (κ1) is 21.2. The third-order valence-corrected chi connectivity index (χ3v) is 6.30. The lowest BCUT2D eigenvalue weighted by Gasteiger charge is -2.26. The van der Waals surface area contributed by atoms with Crippen molar-refractivity contribution >= 4 is 28.3 Å². The van der Waals surface area contributed by atoms with Crippen molar-refractivity contribution in [2.45, 2.75) is 46.0 Å². The third kappa shape index (κ3) is 4.38. The number of rotatable bonds is 7. The number of hydrogen-bond donors (Lipinski definition) is 2. The number of imidazole rings is 1. The smallest absolute Gasteiger partial charge is 0.227 e. The second-order valence-corrected chi connectivity index (χ2v) is 8.17. The van der Waals surface area contributed by atoms with Crippen LogP contribution in [0.5, 0.6) is 5.75 Å². The zero-order chi connectivity index (χ0) is 21.8. The summed E-state index contributed by atoms with van der Waals surface area (Å²) in [7, 11) is 1.67. The summed E-state index contributed by atoms with van der Waals surface area (Å²) in [5.41, 5.74) is 4.55. The second kappa shape index (κ2) is 9.41. The number of aromatic amines is 1. The fourth-order valence-corrected chi connectivity index (χ4v) is 4.54. The molecule has 1 heterocycles. The van der Waals surface area contributed by atoms with Crippen LogP contribution in [0.25, 0.3) is 22.4 Å². The van der Waals surface area contributed by atoms with Crippen molar-refractivity contribution in [1.82, 2.24) is 9.97 Å². The molecular formula is C25H32N4O2. The minimum atomic E-state index is 0.109. The molecule has 1 aromatic heterocycles. The number of H-pyrrole nitrogens is 1. The van der Waals surface area contributed by atoms with Gasteiger partial charge in [-0.15, -0.1) is 0 Å². The Kier molecular flexibility index (Phi) is 6.44. The molecule has 0 bridgehead atoms. The van der Waals surface area contributed by atoms with Crippen molar-refractivity contribution in [3.8, 4) is 17.1 Å². The zero-order valence-corrected chi connectivity index (χ0v) is 18.7. The van der Waals surface area contributed by atoms with Crippen molar-refractivity contribution in [3.63, 3.8) is 0 Å². The van der Waals surface area contributed by atoms with E-state index in [-0.39, 0.29) is 11.8 Å². The van der Waals surface area contributed by atoms with E-state index in [9.17, 15) is 4.79 Å². The van der Waals surface area contributed by atoms with Gasteiger partial charge in [-0.05, 0) is 51.0 Å². The molecule has 4 rings (SSSR count). The summed E-state index contributed by atoms with van der Waals surface area (Å²) in [4.78, 5) is 23.5. The molecule has 0 radical (unpaired) electrons. The molecule has 0 atom stereocenters. The van der Waals surface area contributed by atoms with Gasteiger partial charge in [-0.25, -0.2) is 4.98 Å². The van der Waals surface area contributed by atoms with Crippen LogP contribution in [-0.4, -0.2) is 36.1 Å². The average Bonchev–Trinajstić information content (AvgIpc) is 3.23. The largest absolute Gasteiger partial charge is 0.496 e. The number of methoxy groups -OCH3 is 1. The summed E-state index contributed by atoms with van der Waals surface area (Å²) < 4.78 is 5.51. The second-order valence-electron chi connectivity index (χ2n) is 8.17. The van der Waals surface area contributed by atoms with Gasteiger partial charge in [0.25, 0.3) is 0 Å². The Bertz CT molecular complexity index is 1050. The predicted molar refractivity (Wildman–Crippen MR) is 127 cm³/mol. The lowest BCUT2D eigenvalue weighted by molar-refractivity contribution is -0.120. The van der Waals surface area contributed by atoms with E-state index in [2.05, 4.69) is 35.1 Å². The molecule has 3 aromatic rings. The van der Waals surface area contributed by atoms with E-state index >= 15 is 0 Å². The number of para-hydroxylation sites is 1. The molecule has 0 spiro atoms. The van der Waals surface area contributed by atoms with Crippen LogP contribution in [0, 0.1) is 5.92 Å². The van der Waals surface area contributed by atoms with Crippen molar-refractivity contribution in [2.24, 2.45) is 5.92 Å². The van der Waals surface area contributed by atoms with Crippen LogP contribution in [-0.2, 0) is 4.79 Å². The highest BCUT2D eigenvalue weighted by atomic mass is 16.5. The van der Waals surface area contributed by atoms with Crippen LogP contribution in [0.3, 0.4) is 0 Å². The number of aromatic nitrogens is 2. The fraction of sp³-hybridized carbons (Fsp3) is 0.440.